The molecule has 0 aliphatic carbocycles. The van der Waals surface area contributed by atoms with E-state index in [1.807, 2.05) is 30.4 Å². The Hall–Kier alpha value is -0.400. The summed E-state index contributed by atoms with van der Waals surface area (Å²) in [4.78, 5) is 0. The third kappa shape index (κ3) is 2.34. The Kier molecular flexibility index (Phi) is 3.55. The Morgan fingerprint density at radius 1 is 1.43 bits per heavy atom. The molecule has 0 spiro atoms. The van der Waals surface area contributed by atoms with Crippen LogP contribution in [0.5, 0.6) is 5.75 Å². The van der Waals surface area contributed by atoms with E-state index in [0.717, 1.165) is 20.3 Å². The Labute approximate surface area is 90.6 Å². The molecule has 1 aliphatic heterocycles. The topological polar surface area (TPSA) is 12.5 Å². The molecule has 76 valence electrons. The first-order chi connectivity index (χ1) is 6.90. The molecule has 1 aromatic rings. The van der Waals surface area contributed by atoms with Gasteiger partial charge in [-0.3, -0.25) is 0 Å². The Morgan fingerprint density at radius 3 is 2.79 bits per heavy atom. The van der Waals surface area contributed by atoms with Crippen LogP contribution in [0.15, 0.2) is 24.3 Å². The first-order valence-electron chi connectivity index (χ1n) is 4.78. The summed E-state index contributed by atoms with van der Waals surface area (Å²) in [6.45, 7) is 3.92. The van der Waals surface area contributed by atoms with Gasteiger partial charge >= 0.3 is 0 Å². The molecule has 1 atom stereocenters. The van der Waals surface area contributed by atoms with E-state index in [1.165, 1.54) is 18.0 Å². The lowest BCUT2D eigenvalue weighted by molar-refractivity contribution is 0.340. The Morgan fingerprint density at radius 2 is 2.21 bits per heavy atom. The lowest BCUT2D eigenvalue weighted by Gasteiger charge is -2.16. The van der Waals surface area contributed by atoms with Gasteiger partial charge in [0.05, 0.1) is 6.61 Å². The van der Waals surface area contributed by atoms with Crippen molar-refractivity contribution in [2.24, 2.45) is 0 Å². The fourth-order valence-corrected chi connectivity index (χ4v) is 4.12. The first-order valence-corrected chi connectivity index (χ1v) is 7.44. The first kappa shape index (κ1) is 10.1. The normalized spacial score (nSPS) is 17.6. The van der Waals surface area contributed by atoms with Crippen LogP contribution in [-0.2, 0) is 0 Å². The molecule has 0 saturated carbocycles. The van der Waals surface area contributed by atoms with E-state index in [1.54, 1.807) is 0 Å². The van der Waals surface area contributed by atoms with E-state index >= 15 is 0 Å². The van der Waals surface area contributed by atoms with E-state index < -0.39 is 0 Å². The van der Waals surface area contributed by atoms with Crippen LogP contribution >= 0.6 is 19.3 Å². The summed E-state index contributed by atoms with van der Waals surface area (Å²) in [5.41, 5.74) is 1.32. The van der Waals surface area contributed by atoms with E-state index in [0.29, 0.717) is 0 Å². The maximum absolute atomic E-state index is 5.40. The highest BCUT2D eigenvalue weighted by Crippen LogP contribution is 2.43. The number of hydrogen-bond acceptors (Lipinski definition) is 3. The maximum Gasteiger partial charge on any atom is 0.119 e. The minimum Gasteiger partial charge on any atom is -0.494 e. The van der Waals surface area contributed by atoms with Crippen molar-refractivity contribution in [2.45, 2.75) is 6.92 Å². The van der Waals surface area contributed by atoms with Crippen LogP contribution in [0.1, 0.15) is 6.92 Å². The zero-order chi connectivity index (χ0) is 9.80. The molecule has 4 heteroatoms. The van der Waals surface area contributed by atoms with Crippen LogP contribution in [-0.4, -0.2) is 18.9 Å². The van der Waals surface area contributed by atoms with E-state index in [4.69, 9.17) is 4.74 Å². The third-order valence-electron chi connectivity index (χ3n) is 2.05. The predicted octanol–water partition coefficient (Wildman–Crippen LogP) is 3.15. The minimum absolute atomic E-state index is 0.737. The van der Waals surface area contributed by atoms with Gasteiger partial charge in [-0.25, -0.2) is 0 Å². The van der Waals surface area contributed by atoms with Gasteiger partial charge in [-0.2, -0.15) is 0 Å². The maximum atomic E-state index is 5.40. The SMILES string of the molecule is CCOc1ccc(N2CCSP2)cc1. The fraction of sp³-hybridized carbons (Fsp3) is 0.400. The number of hydrogen-bond donors (Lipinski definition) is 0. The number of anilines is 1. The zero-order valence-corrected chi connectivity index (χ0v) is 10.0. The van der Waals surface area contributed by atoms with Crippen LogP contribution in [0, 0.1) is 0 Å². The lowest BCUT2D eigenvalue weighted by atomic mass is 10.3. The lowest BCUT2D eigenvalue weighted by Crippen LogP contribution is -2.08. The molecular formula is C10H14NOPS. The summed E-state index contributed by atoms with van der Waals surface area (Å²) in [6, 6.07) is 8.38. The third-order valence-corrected chi connectivity index (χ3v) is 4.93. The van der Waals surface area contributed by atoms with Crippen molar-refractivity contribution < 1.29 is 4.74 Å². The second kappa shape index (κ2) is 4.90. The van der Waals surface area contributed by atoms with Gasteiger partial charge in [0.15, 0.2) is 0 Å². The van der Waals surface area contributed by atoms with Crippen molar-refractivity contribution in [2.75, 3.05) is 23.6 Å². The molecule has 2 nitrogen and oxygen atoms in total. The van der Waals surface area contributed by atoms with Gasteiger partial charge in [0.1, 0.15) is 5.75 Å². The summed E-state index contributed by atoms with van der Waals surface area (Å²) >= 11 is 2.01. The van der Waals surface area contributed by atoms with Crippen molar-refractivity contribution >= 4 is 25.0 Å². The van der Waals surface area contributed by atoms with Gasteiger partial charge in [-0.1, -0.05) is 0 Å². The number of rotatable bonds is 3. The number of ether oxygens (including phenoxy) is 1. The van der Waals surface area contributed by atoms with Crippen molar-refractivity contribution in [3.05, 3.63) is 24.3 Å². The summed E-state index contributed by atoms with van der Waals surface area (Å²) in [5, 5.41) is 0. The van der Waals surface area contributed by atoms with Crippen molar-refractivity contribution in [1.29, 1.82) is 0 Å². The van der Waals surface area contributed by atoms with Gasteiger partial charge < -0.3 is 9.41 Å². The Balaban J connectivity index is 2.05. The quantitative estimate of drug-likeness (QED) is 0.736. The molecule has 1 saturated heterocycles. The van der Waals surface area contributed by atoms with Crippen LogP contribution in [0.2, 0.25) is 0 Å². The second-order valence-corrected chi connectivity index (χ2v) is 5.85. The smallest absolute Gasteiger partial charge is 0.119 e. The van der Waals surface area contributed by atoms with Crippen LogP contribution < -0.4 is 9.41 Å². The monoisotopic (exact) mass is 227 g/mol. The molecule has 0 bridgehead atoms. The Bertz CT molecular complexity index is 285. The molecule has 1 unspecified atom stereocenters. The molecule has 1 heterocycles. The highest BCUT2D eigenvalue weighted by Gasteiger charge is 2.12. The highest BCUT2D eigenvalue weighted by molar-refractivity contribution is 8.50. The molecule has 2 rings (SSSR count). The molecule has 0 radical (unpaired) electrons. The van der Waals surface area contributed by atoms with Crippen molar-refractivity contribution in [3.8, 4) is 5.75 Å². The van der Waals surface area contributed by atoms with Crippen LogP contribution in [0.3, 0.4) is 0 Å². The van der Waals surface area contributed by atoms with Crippen molar-refractivity contribution in [1.82, 2.24) is 0 Å². The highest BCUT2D eigenvalue weighted by atomic mass is 32.7. The van der Waals surface area contributed by atoms with Crippen LogP contribution in [0.4, 0.5) is 5.69 Å². The average Bonchev–Trinajstić information content (AvgIpc) is 2.72. The van der Waals surface area contributed by atoms with Gasteiger partial charge in [0.2, 0.25) is 0 Å². The molecule has 14 heavy (non-hydrogen) atoms. The van der Waals surface area contributed by atoms with Gasteiger partial charge in [-0.05, 0) is 31.2 Å². The second-order valence-electron chi connectivity index (χ2n) is 3.02. The summed E-state index contributed by atoms with van der Waals surface area (Å²) in [5.74, 6) is 2.22. The summed E-state index contributed by atoms with van der Waals surface area (Å²) < 4.78 is 7.82. The molecular weight excluding hydrogens is 213 g/mol. The van der Waals surface area contributed by atoms with Gasteiger partial charge in [0.25, 0.3) is 0 Å². The van der Waals surface area contributed by atoms with Gasteiger partial charge in [0, 0.05) is 25.9 Å². The van der Waals surface area contributed by atoms with Crippen LogP contribution in [0.25, 0.3) is 0 Å². The number of benzene rings is 1. The average molecular weight is 227 g/mol. The molecule has 0 amide bonds. The largest absolute Gasteiger partial charge is 0.494 e. The summed E-state index contributed by atoms with van der Waals surface area (Å²) in [7, 11) is 0.884. The fourth-order valence-electron chi connectivity index (χ4n) is 1.38. The van der Waals surface area contributed by atoms with E-state index in [-0.39, 0.29) is 0 Å². The molecule has 1 aromatic carbocycles. The predicted molar refractivity (Wildman–Crippen MR) is 65.7 cm³/mol. The molecule has 0 N–H and O–H groups in total. The van der Waals surface area contributed by atoms with E-state index in [2.05, 4.69) is 16.8 Å². The zero-order valence-electron chi connectivity index (χ0n) is 8.19. The molecule has 1 fully saturated rings. The minimum atomic E-state index is 0.737. The van der Waals surface area contributed by atoms with E-state index in [9.17, 15) is 0 Å². The summed E-state index contributed by atoms with van der Waals surface area (Å²) in [6.07, 6.45) is 0. The number of nitrogens with zero attached hydrogens (tertiary/aromatic N) is 1. The van der Waals surface area contributed by atoms with Gasteiger partial charge in [-0.15, -0.1) is 11.4 Å². The standard InChI is InChI=1S/C10H14NOPS/c1-2-12-10-5-3-9(4-6-10)11-7-8-14-13-11/h3-6,13H,2,7-8H2,1H3. The molecule has 0 aromatic heterocycles. The molecule has 1 aliphatic rings. The van der Waals surface area contributed by atoms with Crippen molar-refractivity contribution in [3.63, 3.8) is 0 Å².